The molecule has 1 unspecified atom stereocenters. The van der Waals surface area contributed by atoms with Gasteiger partial charge in [0.25, 0.3) is 0 Å². The van der Waals surface area contributed by atoms with E-state index in [0.29, 0.717) is 11.4 Å². The Hall–Kier alpha value is -2.01. The molecule has 0 aliphatic heterocycles. The molecule has 0 aliphatic rings. The van der Waals surface area contributed by atoms with Crippen molar-refractivity contribution in [2.75, 3.05) is 11.1 Å². The highest BCUT2D eigenvalue weighted by Crippen LogP contribution is 2.25. The van der Waals surface area contributed by atoms with E-state index in [1.807, 2.05) is 23.8 Å². The van der Waals surface area contributed by atoms with Crippen LogP contribution in [0.3, 0.4) is 0 Å². The lowest BCUT2D eigenvalue weighted by atomic mass is 10.1. The molecule has 0 saturated carbocycles. The number of thiophene rings is 1. The minimum atomic E-state index is -0.963. The largest absolute Gasteiger partial charge is 0.478 e. The van der Waals surface area contributed by atoms with Gasteiger partial charge in [0.05, 0.1) is 11.3 Å². The van der Waals surface area contributed by atoms with E-state index in [4.69, 9.17) is 10.8 Å². The minimum Gasteiger partial charge on any atom is -0.478 e. The number of nitrogen functional groups attached to an aromatic ring is 1. The Kier molecular flexibility index (Phi) is 3.53. The van der Waals surface area contributed by atoms with Crippen LogP contribution in [0.25, 0.3) is 0 Å². The number of nitrogens with two attached hydrogens (primary N) is 1. The van der Waals surface area contributed by atoms with Gasteiger partial charge >= 0.3 is 5.97 Å². The molecular weight excluding hydrogens is 248 g/mol. The molecule has 0 saturated heterocycles. The fourth-order valence-corrected chi connectivity index (χ4v) is 2.46. The molecule has 0 spiro atoms. The number of carboxylic acid groups (broad SMARTS) is 1. The smallest absolute Gasteiger partial charge is 0.337 e. The van der Waals surface area contributed by atoms with Crippen molar-refractivity contribution >= 4 is 28.7 Å². The van der Waals surface area contributed by atoms with Crippen LogP contribution in [0.1, 0.15) is 28.9 Å². The van der Waals surface area contributed by atoms with Gasteiger partial charge < -0.3 is 16.2 Å². The zero-order valence-electron chi connectivity index (χ0n) is 9.88. The second-order valence-electron chi connectivity index (χ2n) is 4.03. The Morgan fingerprint density at radius 2 is 2.22 bits per heavy atom. The molecule has 1 aromatic carbocycles. The fourth-order valence-electron chi connectivity index (χ4n) is 1.71. The van der Waals surface area contributed by atoms with Crippen molar-refractivity contribution < 1.29 is 9.90 Å². The summed E-state index contributed by atoms with van der Waals surface area (Å²) in [5.41, 5.74) is 8.13. The van der Waals surface area contributed by atoms with Crippen LogP contribution in [-0.2, 0) is 0 Å². The molecule has 0 fully saturated rings. The molecule has 4 nitrogen and oxygen atoms in total. The Bertz CT molecular complexity index is 552. The van der Waals surface area contributed by atoms with Crippen molar-refractivity contribution in [3.8, 4) is 0 Å². The Morgan fingerprint density at radius 3 is 2.83 bits per heavy atom. The monoisotopic (exact) mass is 262 g/mol. The van der Waals surface area contributed by atoms with Gasteiger partial charge in [0.15, 0.2) is 0 Å². The summed E-state index contributed by atoms with van der Waals surface area (Å²) < 4.78 is 0. The van der Waals surface area contributed by atoms with Gasteiger partial charge in [-0.15, -0.1) is 0 Å². The minimum absolute atomic E-state index is 0.0381. The summed E-state index contributed by atoms with van der Waals surface area (Å²) in [6.07, 6.45) is 0. The number of carbonyl (C=O) groups is 1. The SMILES string of the molecule is CC(Nc1cc(N)ccc1C(=O)O)c1ccsc1. The molecule has 2 aromatic rings. The van der Waals surface area contributed by atoms with E-state index >= 15 is 0 Å². The zero-order chi connectivity index (χ0) is 13.1. The molecule has 1 heterocycles. The molecule has 0 amide bonds. The molecule has 1 atom stereocenters. The van der Waals surface area contributed by atoms with Gasteiger partial charge in [0.2, 0.25) is 0 Å². The molecule has 0 radical (unpaired) electrons. The predicted octanol–water partition coefficient (Wildman–Crippen LogP) is 3.20. The Labute approximate surface area is 109 Å². The van der Waals surface area contributed by atoms with Gasteiger partial charge in [-0.1, -0.05) is 0 Å². The summed E-state index contributed by atoms with van der Waals surface area (Å²) >= 11 is 1.61. The lowest BCUT2D eigenvalue weighted by Crippen LogP contribution is -2.10. The molecule has 1 aromatic heterocycles. The van der Waals surface area contributed by atoms with Gasteiger partial charge in [0.1, 0.15) is 0 Å². The third-order valence-electron chi connectivity index (χ3n) is 2.69. The molecule has 0 aliphatic carbocycles. The first-order valence-electron chi connectivity index (χ1n) is 5.49. The number of benzene rings is 1. The van der Waals surface area contributed by atoms with Crippen LogP contribution in [0.2, 0.25) is 0 Å². The van der Waals surface area contributed by atoms with Crippen LogP contribution in [0.4, 0.5) is 11.4 Å². The van der Waals surface area contributed by atoms with E-state index in [1.165, 1.54) is 6.07 Å². The number of carboxylic acids is 1. The fraction of sp³-hybridized carbons (Fsp3) is 0.154. The molecule has 94 valence electrons. The van der Waals surface area contributed by atoms with Crippen molar-refractivity contribution in [2.24, 2.45) is 0 Å². The molecule has 4 N–H and O–H groups in total. The summed E-state index contributed by atoms with van der Waals surface area (Å²) in [7, 11) is 0. The van der Waals surface area contributed by atoms with E-state index in [1.54, 1.807) is 23.5 Å². The summed E-state index contributed by atoms with van der Waals surface area (Å²) in [6.45, 7) is 1.98. The topological polar surface area (TPSA) is 75.3 Å². The summed E-state index contributed by atoms with van der Waals surface area (Å²) in [6, 6.07) is 6.79. The van der Waals surface area contributed by atoms with Gasteiger partial charge in [-0.2, -0.15) is 11.3 Å². The third kappa shape index (κ3) is 2.62. The Balaban J connectivity index is 2.28. The van der Waals surface area contributed by atoms with Crippen molar-refractivity contribution in [1.82, 2.24) is 0 Å². The summed E-state index contributed by atoms with van der Waals surface area (Å²) in [5, 5.41) is 16.3. The van der Waals surface area contributed by atoms with Crippen LogP contribution >= 0.6 is 11.3 Å². The standard InChI is InChI=1S/C13H14N2O2S/c1-8(9-4-5-18-7-9)15-12-6-10(14)2-3-11(12)13(16)17/h2-8,15H,14H2,1H3,(H,16,17). The average molecular weight is 262 g/mol. The quantitative estimate of drug-likeness (QED) is 0.740. The van der Waals surface area contributed by atoms with E-state index in [2.05, 4.69) is 5.32 Å². The van der Waals surface area contributed by atoms with Crippen LogP contribution in [0.15, 0.2) is 35.0 Å². The van der Waals surface area contributed by atoms with Gasteiger partial charge in [-0.3, -0.25) is 0 Å². The summed E-state index contributed by atoms with van der Waals surface area (Å²) in [4.78, 5) is 11.1. The number of nitrogens with one attached hydrogen (secondary N) is 1. The first-order valence-corrected chi connectivity index (χ1v) is 6.43. The zero-order valence-corrected chi connectivity index (χ0v) is 10.7. The molecule has 0 bridgehead atoms. The molecular formula is C13H14N2O2S. The normalized spacial score (nSPS) is 12.1. The number of hydrogen-bond acceptors (Lipinski definition) is 4. The van der Waals surface area contributed by atoms with E-state index in [9.17, 15) is 4.79 Å². The maximum atomic E-state index is 11.1. The highest BCUT2D eigenvalue weighted by molar-refractivity contribution is 7.07. The Morgan fingerprint density at radius 1 is 1.44 bits per heavy atom. The van der Waals surface area contributed by atoms with E-state index in [0.717, 1.165) is 5.56 Å². The molecule has 5 heteroatoms. The number of hydrogen-bond donors (Lipinski definition) is 3. The van der Waals surface area contributed by atoms with Crippen LogP contribution in [0, 0.1) is 0 Å². The lowest BCUT2D eigenvalue weighted by molar-refractivity contribution is 0.0698. The van der Waals surface area contributed by atoms with E-state index in [-0.39, 0.29) is 11.6 Å². The third-order valence-corrected chi connectivity index (χ3v) is 3.39. The second kappa shape index (κ2) is 5.10. The van der Waals surface area contributed by atoms with Gasteiger partial charge in [-0.05, 0) is 47.5 Å². The van der Waals surface area contributed by atoms with Crippen LogP contribution < -0.4 is 11.1 Å². The molecule has 2 rings (SSSR count). The predicted molar refractivity (Wildman–Crippen MR) is 74.2 cm³/mol. The highest BCUT2D eigenvalue weighted by Gasteiger charge is 2.13. The highest BCUT2D eigenvalue weighted by atomic mass is 32.1. The number of anilines is 2. The number of aromatic carboxylic acids is 1. The van der Waals surface area contributed by atoms with Crippen molar-refractivity contribution in [1.29, 1.82) is 0 Å². The van der Waals surface area contributed by atoms with Gasteiger partial charge in [0, 0.05) is 11.7 Å². The maximum absolute atomic E-state index is 11.1. The second-order valence-corrected chi connectivity index (χ2v) is 4.81. The van der Waals surface area contributed by atoms with Crippen LogP contribution in [-0.4, -0.2) is 11.1 Å². The van der Waals surface area contributed by atoms with Crippen molar-refractivity contribution in [3.05, 3.63) is 46.2 Å². The number of rotatable bonds is 4. The van der Waals surface area contributed by atoms with Crippen molar-refractivity contribution in [3.63, 3.8) is 0 Å². The average Bonchev–Trinajstić information content (AvgIpc) is 2.81. The first-order chi connectivity index (χ1) is 8.58. The summed E-state index contributed by atoms with van der Waals surface area (Å²) in [5.74, 6) is -0.963. The van der Waals surface area contributed by atoms with Crippen LogP contribution in [0.5, 0.6) is 0 Å². The van der Waals surface area contributed by atoms with E-state index < -0.39 is 5.97 Å². The van der Waals surface area contributed by atoms with Gasteiger partial charge in [-0.25, -0.2) is 4.79 Å². The lowest BCUT2D eigenvalue weighted by Gasteiger charge is -2.16. The van der Waals surface area contributed by atoms with Crippen molar-refractivity contribution in [2.45, 2.75) is 13.0 Å². The first kappa shape index (κ1) is 12.4. The maximum Gasteiger partial charge on any atom is 0.337 e. The molecule has 18 heavy (non-hydrogen) atoms.